The lowest BCUT2D eigenvalue weighted by Crippen LogP contribution is -2.40. The standard InChI is InChI=1S/C10H13IO4S/c1-2-14-16(13)9-5-3-4-6(9)10(12)15-8(4)7(5)11/h4-9H,2-3H2,1H3/t4-,5-,6-,7+,8+,9-,16?/m0/s1. The molecule has 0 spiro atoms. The first-order valence-electron chi connectivity index (χ1n) is 5.53. The number of alkyl halides is 1. The minimum Gasteiger partial charge on any atom is -0.461 e. The maximum Gasteiger partial charge on any atom is 0.311 e. The number of hydrogen-bond donors (Lipinski definition) is 0. The molecule has 0 amide bonds. The van der Waals surface area contributed by atoms with Crippen molar-refractivity contribution in [2.75, 3.05) is 6.61 Å². The molecule has 7 atom stereocenters. The molecular weight excluding hydrogens is 343 g/mol. The van der Waals surface area contributed by atoms with Crippen molar-refractivity contribution in [1.82, 2.24) is 0 Å². The molecule has 1 aliphatic heterocycles. The van der Waals surface area contributed by atoms with E-state index in [0.717, 1.165) is 6.42 Å². The van der Waals surface area contributed by atoms with Crippen molar-refractivity contribution in [2.45, 2.75) is 28.6 Å². The first kappa shape index (κ1) is 11.4. The summed E-state index contributed by atoms with van der Waals surface area (Å²) in [6, 6.07) is 0. The van der Waals surface area contributed by atoms with Crippen molar-refractivity contribution in [1.29, 1.82) is 0 Å². The lowest BCUT2D eigenvalue weighted by atomic mass is 9.89. The highest BCUT2D eigenvalue weighted by Crippen LogP contribution is 2.58. The van der Waals surface area contributed by atoms with Crippen LogP contribution >= 0.6 is 22.6 Å². The van der Waals surface area contributed by atoms with Crippen molar-refractivity contribution < 1.29 is 17.9 Å². The number of fused-ring (bicyclic) bond motifs is 1. The van der Waals surface area contributed by atoms with Gasteiger partial charge in [-0.25, -0.2) is 4.21 Å². The zero-order valence-electron chi connectivity index (χ0n) is 8.80. The number of ether oxygens (including phenoxy) is 1. The summed E-state index contributed by atoms with van der Waals surface area (Å²) in [4.78, 5) is 11.7. The molecule has 1 unspecified atom stereocenters. The van der Waals surface area contributed by atoms with Gasteiger partial charge in [-0.3, -0.25) is 8.98 Å². The van der Waals surface area contributed by atoms with Crippen LogP contribution in [0.4, 0.5) is 0 Å². The third-order valence-electron chi connectivity index (χ3n) is 3.91. The smallest absolute Gasteiger partial charge is 0.311 e. The Bertz CT molecular complexity index is 361. The molecule has 6 heteroatoms. The molecule has 16 heavy (non-hydrogen) atoms. The molecule has 1 saturated heterocycles. The zero-order valence-corrected chi connectivity index (χ0v) is 11.8. The maximum atomic E-state index is 12.0. The van der Waals surface area contributed by atoms with Crippen LogP contribution in [0, 0.1) is 17.8 Å². The van der Waals surface area contributed by atoms with Crippen LogP contribution in [-0.2, 0) is 24.8 Å². The van der Waals surface area contributed by atoms with Crippen molar-refractivity contribution in [2.24, 2.45) is 17.8 Å². The van der Waals surface area contributed by atoms with Gasteiger partial charge in [-0.2, -0.15) is 0 Å². The van der Waals surface area contributed by atoms with Crippen LogP contribution in [0.15, 0.2) is 0 Å². The second-order valence-corrected chi connectivity index (χ2v) is 7.31. The summed E-state index contributed by atoms with van der Waals surface area (Å²) < 4.78 is 22.9. The molecule has 2 bridgehead atoms. The molecule has 2 saturated carbocycles. The largest absolute Gasteiger partial charge is 0.461 e. The number of carbonyl (C=O) groups excluding carboxylic acids is 1. The summed E-state index contributed by atoms with van der Waals surface area (Å²) in [6.45, 7) is 2.25. The Morgan fingerprint density at radius 2 is 2.31 bits per heavy atom. The third kappa shape index (κ3) is 1.35. The predicted octanol–water partition coefficient (Wildman–Crippen LogP) is 1.05. The molecule has 1 heterocycles. The molecule has 90 valence electrons. The van der Waals surface area contributed by atoms with Gasteiger partial charge in [0.25, 0.3) is 0 Å². The molecule has 0 aromatic heterocycles. The topological polar surface area (TPSA) is 52.6 Å². The number of hydrogen-bond acceptors (Lipinski definition) is 4. The van der Waals surface area contributed by atoms with Gasteiger partial charge in [-0.05, 0) is 19.3 Å². The average molecular weight is 356 g/mol. The van der Waals surface area contributed by atoms with Gasteiger partial charge >= 0.3 is 5.97 Å². The Balaban J connectivity index is 1.90. The average Bonchev–Trinajstić information content (AvgIpc) is 2.82. The fourth-order valence-corrected chi connectivity index (χ4v) is 6.58. The molecule has 2 aliphatic carbocycles. The molecule has 0 radical (unpaired) electrons. The fourth-order valence-electron chi connectivity index (χ4n) is 3.37. The van der Waals surface area contributed by atoms with E-state index in [1.807, 2.05) is 6.92 Å². The summed E-state index contributed by atoms with van der Waals surface area (Å²) in [6.07, 6.45) is 1.04. The Kier molecular flexibility index (Phi) is 2.79. The number of halogens is 1. The summed E-state index contributed by atoms with van der Waals surface area (Å²) in [5.74, 6) is 0.274. The molecule has 0 N–H and O–H groups in total. The SMILES string of the molecule is CCOS(=O)[C@H]1[C@H]2C[C@@H]3[C@@H](OC(=O)[C@@H]31)[C@@H]2I. The number of carbonyl (C=O) groups is 1. The van der Waals surface area contributed by atoms with E-state index in [4.69, 9.17) is 8.92 Å². The second kappa shape index (κ2) is 3.91. The molecule has 0 aromatic rings. The van der Waals surface area contributed by atoms with Gasteiger partial charge in [-0.15, -0.1) is 0 Å². The summed E-state index contributed by atoms with van der Waals surface area (Å²) in [7, 11) is 0. The minimum absolute atomic E-state index is 0.0676. The minimum atomic E-state index is -1.35. The highest BCUT2D eigenvalue weighted by molar-refractivity contribution is 14.1. The molecule has 3 aliphatic rings. The van der Waals surface area contributed by atoms with Crippen LogP contribution in [0.2, 0.25) is 0 Å². The molecule has 3 fully saturated rings. The second-order valence-electron chi connectivity index (χ2n) is 4.57. The van der Waals surface area contributed by atoms with Crippen LogP contribution in [0.25, 0.3) is 0 Å². The number of esters is 1. The third-order valence-corrected chi connectivity index (χ3v) is 7.09. The van der Waals surface area contributed by atoms with Gasteiger partial charge in [0, 0.05) is 5.92 Å². The van der Waals surface area contributed by atoms with Gasteiger partial charge in [0.2, 0.25) is 0 Å². The fraction of sp³-hybridized carbons (Fsp3) is 0.900. The Morgan fingerprint density at radius 1 is 1.56 bits per heavy atom. The Labute approximate surface area is 110 Å². The van der Waals surface area contributed by atoms with Crippen molar-refractivity contribution in [3.05, 3.63) is 0 Å². The Morgan fingerprint density at radius 3 is 3.00 bits per heavy atom. The van der Waals surface area contributed by atoms with Crippen LogP contribution in [0.1, 0.15) is 13.3 Å². The summed E-state index contributed by atoms with van der Waals surface area (Å²) in [5.41, 5.74) is 0. The summed E-state index contributed by atoms with van der Waals surface area (Å²) >= 11 is 0.988. The molecule has 0 aromatic carbocycles. The van der Waals surface area contributed by atoms with Crippen LogP contribution < -0.4 is 0 Å². The predicted molar refractivity (Wildman–Crippen MR) is 66.3 cm³/mol. The monoisotopic (exact) mass is 356 g/mol. The summed E-state index contributed by atoms with van der Waals surface area (Å²) in [5, 5.41) is -0.141. The van der Waals surface area contributed by atoms with E-state index in [9.17, 15) is 9.00 Å². The first-order chi connectivity index (χ1) is 7.65. The maximum absolute atomic E-state index is 12.0. The van der Waals surface area contributed by atoms with E-state index >= 15 is 0 Å². The lowest BCUT2D eigenvalue weighted by Gasteiger charge is -2.26. The highest BCUT2D eigenvalue weighted by atomic mass is 127. The van der Waals surface area contributed by atoms with Crippen molar-refractivity contribution in [3.8, 4) is 0 Å². The zero-order chi connectivity index (χ0) is 11.4. The van der Waals surface area contributed by atoms with E-state index in [0.29, 0.717) is 16.4 Å². The van der Waals surface area contributed by atoms with E-state index in [2.05, 4.69) is 22.6 Å². The van der Waals surface area contributed by atoms with Gasteiger partial charge in [0.15, 0.2) is 11.1 Å². The number of rotatable bonds is 3. The molecular formula is C10H13IO4S. The van der Waals surface area contributed by atoms with E-state index < -0.39 is 11.1 Å². The highest BCUT2D eigenvalue weighted by Gasteiger charge is 2.67. The van der Waals surface area contributed by atoms with Gasteiger partial charge in [-0.1, -0.05) is 22.6 Å². The van der Waals surface area contributed by atoms with Gasteiger partial charge < -0.3 is 4.74 Å². The van der Waals surface area contributed by atoms with E-state index in [-0.39, 0.29) is 29.2 Å². The van der Waals surface area contributed by atoms with Gasteiger partial charge in [0.1, 0.15) is 6.10 Å². The molecule has 4 nitrogen and oxygen atoms in total. The van der Waals surface area contributed by atoms with E-state index in [1.165, 1.54) is 0 Å². The van der Waals surface area contributed by atoms with Gasteiger partial charge in [0.05, 0.1) is 21.7 Å². The van der Waals surface area contributed by atoms with Crippen LogP contribution in [-0.4, -0.2) is 32.1 Å². The normalized spacial score (nSPS) is 50.8. The Hall–Kier alpha value is 0.310. The quantitative estimate of drug-likeness (QED) is 0.431. The van der Waals surface area contributed by atoms with Crippen molar-refractivity contribution >= 4 is 39.6 Å². The van der Waals surface area contributed by atoms with Crippen LogP contribution in [0.5, 0.6) is 0 Å². The van der Waals surface area contributed by atoms with E-state index in [1.54, 1.807) is 0 Å². The van der Waals surface area contributed by atoms with Crippen LogP contribution in [0.3, 0.4) is 0 Å². The van der Waals surface area contributed by atoms with Crippen molar-refractivity contribution in [3.63, 3.8) is 0 Å². The lowest BCUT2D eigenvalue weighted by molar-refractivity contribution is -0.143. The first-order valence-corrected chi connectivity index (χ1v) is 7.92. The molecule has 3 rings (SSSR count).